The summed E-state index contributed by atoms with van der Waals surface area (Å²) in [6.07, 6.45) is 1.71. The molecule has 0 N–H and O–H groups in total. The molecule has 100 valence electrons. The number of benzene rings is 1. The van der Waals surface area contributed by atoms with Crippen molar-refractivity contribution in [3.63, 3.8) is 0 Å². The van der Waals surface area contributed by atoms with Gasteiger partial charge in [0.2, 0.25) is 0 Å². The maximum absolute atomic E-state index is 13.5. The molecule has 0 amide bonds. The fraction of sp³-hybridized carbons (Fsp3) is 0.286. The highest BCUT2D eigenvalue weighted by atomic mass is 19.1. The number of carbonyl (C=O) groups is 1. The zero-order valence-electron chi connectivity index (χ0n) is 10.9. The monoisotopic (exact) mass is 262 g/mol. The number of aromatic nitrogens is 2. The summed E-state index contributed by atoms with van der Waals surface area (Å²) in [6.45, 7) is 4.10. The highest BCUT2D eigenvalue weighted by Crippen LogP contribution is 2.11. The van der Waals surface area contributed by atoms with Gasteiger partial charge in [-0.25, -0.2) is 9.18 Å². The van der Waals surface area contributed by atoms with E-state index < -0.39 is 5.97 Å². The molecule has 0 aliphatic heterocycles. The fourth-order valence-electron chi connectivity index (χ4n) is 1.80. The first-order valence-electron chi connectivity index (χ1n) is 6.06. The molecule has 2 rings (SSSR count). The molecule has 0 radical (unpaired) electrons. The van der Waals surface area contributed by atoms with Crippen molar-refractivity contribution in [2.75, 3.05) is 6.61 Å². The number of hydrogen-bond donors (Lipinski definition) is 0. The first-order valence-corrected chi connectivity index (χ1v) is 6.06. The van der Waals surface area contributed by atoms with E-state index in [-0.39, 0.29) is 18.1 Å². The Bertz CT molecular complexity index is 593. The minimum atomic E-state index is -0.452. The van der Waals surface area contributed by atoms with Crippen LogP contribution in [-0.4, -0.2) is 22.4 Å². The maximum Gasteiger partial charge on any atom is 0.359 e. The quantitative estimate of drug-likeness (QED) is 0.795. The van der Waals surface area contributed by atoms with E-state index in [2.05, 4.69) is 5.10 Å². The summed E-state index contributed by atoms with van der Waals surface area (Å²) in [6, 6.07) is 6.49. The van der Waals surface area contributed by atoms with Crippen molar-refractivity contribution in [3.05, 3.63) is 53.1 Å². The molecule has 1 aromatic carbocycles. The molecule has 5 heteroatoms. The van der Waals surface area contributed by atoms with Crippen LogP contribution in [0.3, 0.4) is 0 Å². The minimum Gasteiger partial charge on any atom is -0.461 e. The van der Waals surface area contributed by atoms with Crippen molar-refractivity contribution >= 4 is 5.97 Å². The molecule has 4 nitrogen and oxygen atoms in total. The van der Waals surface area contributed by atoms with Crippen LogP contribution in [0.25, 0.3) is 0 Å². The van der Waals surface area contributed by atoms with Crippen LogP contribution in [0.5, 0.6) is 0 Å². The van der Waals surface area contributed by atoms with Gasteiger partial charge in [-0.3, -0.25) is 4.68 Å². The van der Waals surface area contributed by atoms with Crippen molar-refractivity contribution in [1.82, 2.24) is 9.78 Å². The molecule has 0 saturated heterocycles. The lowest BCUT2D eigenvalue weighted by Crippen LogP contribution is -2.09. The maximum atomic E-state index is 13.5. The number of esters is 1. The van der Waals surface area contributed by atoms with Crippen molar-refractivity contribution in [2.24, 2.45) is 0 Å². The average Bonchev–Trinajstić information content (AvgIpc) is 2.74. The second-order valence-electron chi connectivity index (χ2n) is 4.17. The fourth-order valence-corrected chi connectivity index (χ4v) is 1.80. The molecule has 0 fully saturated rings. The third kappa shape index (κ3) is 2.99. The molecule has 2 aromatic rings. The van der Waals surface area contributed by atoms with Crippen molar-refractivity contribution in [2.45, 2.75) is 20.4 Å². The van der Waals surface area contributed by atoms with E-state index in [9.17, 15) is 9.18 Å². The predicted molar refractivity (Wildman–Crippen MR) is 68.4 cm³/mol. The number of rotatable bonds is 4. The molecule has 0 aliphatic rings. The summed E-state index contributed by atoms with van der Waals surface area (Å²) < 4.78 is 20.0. The third-order valence-corrected chi connectivity index (χ3v) is 2.70. The van der Waals surface area contributed by atoms with Gasteiger partial charge in [0.25, 0.3) is 0 Å². The van der Waals surface area contributed by atoms with E-state index in [0.717, 1.165) is 5.56 Å². The number of nitrogens with zero attached hydrogens (tertiary/aromatic N) is 2. The van der Waals surface area contributed by atoms with Gasteiger partial charge in [0.15, 0.2) is 5.69 Å². The van der Waals surface area contributed by atoms with Crippen LogP contribution in [-0.2, 0) is 11.3 Å². The zero-order chi connectivity index (χ0) is 13.8. The first kappa shape index (κ1) is 13.3. The summed E-state index contributed by atoms with van der Waals surface area (Å²) in [5.41, 5.74) is 1.52. The molecule has 0 aliphatic carbocycles. The van der Waals surface area contributed by atoms with Gasteiger partial charge >= 0.3 is 5.97 Å². The van der Waals surface area contributed by atoms with Crippen LogP contribution >= 0.6 is 0 Å². The Kier molecular flexibility index (Phi) is 3.94. The zero-order valence-corrected chi connectivity index (χ0v) is 10.9. The standard InChI is InChI=1S/C14H15FN2O2/c1-3-19-14(18)13-10(2)8-17(16-13)9-11-6-4-5-7-12(11)15/h4-8H,3,9H2,1-2H3. The first-order chi connectivity index (χ1) is 9.11. The third-order valence-electron chi connectivity index (χ3n) is 2.70. The van der Waals surface area contributed by atoms with Gasteiger partial charge in [-0.2, -0.15) is 5.10 Å². The highest BCUT2D eigenvalue weighted by molar-refractivity contribution is 5.88. The molecule has 0 atom stereocenters. The SMILES string of the molecule is CCOC(=O)c1nn(Cc2ccccc2F)cc1C. The molecule has 0 bridgehead atoms. The smallest absolute Gasteiger partial charge is 0.359 e. The van der Waals surface area contributed by atoms with Gasteiger partial charge in [0.1, 0.15) is 5.82 Å². The van der Waals surface area contributed by atoms with Gasteiger partial charge in [-0.1, -0.05) is 18.2 Å². The summed E-state index contributed by atoms with van der Waals surface area (Å²) >= 11 is 0. The lowest BCUT2D eigenvalue weighted by Gasteiger charge is -2.03. The van der Waals surface area contributed by atoms with E-state index in [1.807, 2.05) is 0 Å². The molecule has 0 saturated carbocycles. The summed E-state index contributed by atoms with van der Waals surface area (Å²) in [5.74, 6) is -0.736. The van der Waals surface area contributed by atoms with E-state index >= 15 is 0 Å². The number of ether oxygens (including phenoxy) is 1. The van der Waals surface area contributed by atoms with Crippen LogP contribution < -0.4 is 0 Å². The van der Waals surface area contributed by atoms with Gasteiger partial charge in [0.05, 0.1) is 13.2 Å². The molecule has 0 spiro atoms. The second kappa shape index (κ2) is 5.65. The van der Waals surface area contributed by atoms with Gasteiger partial charge in [-0.05, 0) is 19.9 Å². The topological polar surface area (TPSA) is 44.1 Å². The lowest BCUT2D eigenvalue weighted by molar-refractivity contribution is 0.0517. The molecule has 1 heterocycles. The Labute approximate surface area is 110 Å². The molecule has 1 aromatic heterocycles. The predicted octanol–water partition coefficient (Wildman–Crippen LogP) is 2.56. The number of carbonyl (C=O) groups excluding carboxylic acids is 1. The van der Waals surface area contributed by atoms with Crippen LogP contribution in [0, 0.1) is 12.7 Å². The Morgan fingerprint density at radius 1 is 1.42 bits per heavy atom. The van der Waals surface area contributed by atoms with E-state index in [4.69, 9.17) is 4.74 Å². The number of aryl methyl sites for hydroxylation is 1. The lowest BCUT2D eigenvalue weighted by atomic mass is 10.2. The summed E-state index contributed by atoms with van der Waals surface area (Å²) in [4.78, 5) is 11.6. The van der Waals surface area contributed by atoms with E-state index in [1.54, 1.807) is 42.9 Å². The molecule has 0 unspecified atom stereocenters. The van der Waals surface area contributed by atoms with Crippen LogP contribution in [0.2, 0.25) is 0 Å². The normalized spacial score (nSPS) is 10.5. The van der Waals surface area contributed by atoms with Crippen molar-refractivity contribution < 1.29 is 13.9 Å². The van der Waals surface area contributed by atoms with Crippen molar-refractivity contribution in [3.8, 4) is 0 Å². The molecule has 19 heavy (non-hydrogen) atoms. The van der Waals surface area contributed by atoms with E-state index in [0.29, 0.717) is 12.2 Å². The summed E-state index contributed by atoms with van der Waals surface area (Å²) in [5, 5.41) is 4.14. The Hall–Kier alpha value is -2.17. The molecular formula is C14H15FN2O2. The van der Waals surface area contributed by atoms with Crippen LogP contribution in [0.4, 0.5) is 4.39 Å². The Balaban J connectivity index is 2.21. The number of hydrogen-bond acceptors (Lipinski definition) is 3. The largest absolute Gasteiger partial charge is 0.461 e. The van der Waals surface area contributed by atoms with Gasteiger partial charge in [-0.15, -0.1) is 0 Å². The van der Waals surface area contributed by atoms with Crippen LogP contribution in [0.15, 0.2) is 30.5 Å². The molecular weight excluding hydrogens is 247 g/mol. The van der Waals surface area contributed by atoms with Crippen molar-refractivity contribution in [1.29, 1.82) is 0 Å². The second-order valence-corrected chi connectivity index (χ2v) is 4.17. The Morgan fingerprint density at radius 3 is 2.84 bits per heavy atom. The average molecular weight is 262 g/mol. The minimum absolute atomic E-state index is 0.276. The number of halogens is 1. The van der Waals surface area contributed by atoms with E-state index in [1.165, 1.54) is 6.07 Å². The summed E-state index contributed by atoms with van der Waals surface area (Å²) in [7, 11) is 0. The van der Waals surface area contributed by atoms with Gasteiger partial charge in [0, 0.05) is 17.3 Å². The van der Waals surface area contributed by atoms with Gasteiger partial charge < -0.3 is 4.74 Å². The highest BCUT2D eigenvalue weighted by Gasteiger charge is 2.15. The van der Waals surface area contributed by atoms with Crippen LogP contribution in [0.1, 0.15) is 28.5 Å². The Morgan fingerprint density at radius 2 is 2.16 bits per heavy atom.